The summed E-state index contributed by atoms with van der Waals surface area (Å²) < 4.78 is 45.6. The zero-order chi connectivity index (χ0) is 17.2. The van der Waals surface area contributed by atoms with Crippen molar-refractivity contribution in [2.75, 3.05) is 18.0 Å². The largest absolute Gasteiger partial charge is 0.494 e. The number of sulfonamides is 1. The van der Waals surface area contributed by atoms with Crippen LogP contribution in [0.5, 0.6) is 5.75 Å². The maximum absolute atomic E-state index is 13.9. The molecule has 0 saturated carbocycles. The van der Waals surface area contributed by atoms with Gasteiger partial charge in [-0.1, -0.05) is 11.6 Å². The van der Waals surface area contributed by atoms with Crippen LogP contribution < -0.4 is 9.04 Å². The molecule has 0 fully saturated rings. The highest BCUT2D eigenvalue weighted by atomic mass is 35.5. The smallest absolute Gasteiger partial charge is 0.264 e. The summed E-state index contributed by atoms with van der Waals surface area (Å²) in [5, 5.41) is 0.523. The quantitative estimate of drug-likeness (QED) is 0.812. The summed E-state index contributed by atoms with van der Waals surface area (Å²) in [5.41, 5.74) is 1.23. The number of anilines is 1. The van der Waals surface area contributed by atoms with E-state index in [-0.39, 0.29) is 17.2 Å². The van der Waals surface area contributed by atoms with Crippen molar-refractivity contribution in [1.82, 2.24) is 0 Å². The molecule has 2 aromatic rings. The van der Waals surface area contributed by atoms with E-state index in [1.54, 1.807) is 32.0 Å². The SMILES string of the molecule is CCN(c1ccc(Cl)cc1C)S(=O)(=O)c1ccc(OC)c(F)c1. The van der Waals surface area contributed by atoms with E-state index >= 15 is 0 Å². The summed E-state index contributed by atoms with van der Waals surface area (Å²) in [4.78, 5) is -0.132. The Morgan fingerprint density at radius 2 is 1.91 bits per heavy atom. The molecule has 0 aliphatic carbocycles. The molecule has 0 bridgehead atoms. The molecule has 0 N–H and O–H groups in total. The molecule has 2 aromatic carbocycles. The van der Waals surface area contributed by atoms with Gasteiger partial charge in [0.15, 0.2) is 11.6 Å². The van der Waals surface area contributed by atoms with Gasteiger partial charge in [-0.05, 0) is 55.8 Å². The van der Waals surface area contributed by atoms with Crippen molar-refractivity contribution in [2.45, 2.75) is 18.7 Å². The molecule has 4 nitrogen and oxygen atoms in total. The van der Waals surface area contributed by atoms with Crippen LogP contribution in [0.1, 0.15) is 12.5 Å². The molecule has 0 unspecified atom stereocenters. The Morgan fingerprint density at radius 3 is 2.43 bits per heavy atom. The Labute approximate surface area is 140 Å². The van der Waals surface area contributed by atoms with Crippen LogP contribution in [0.25, 0.3) is 0 Å². The Hall–Kier alpha value is -1.79. The van der Waals surface area contributed by atoms with Crippen LogP contribution in [-0.4, -0.2) is 22.1 Å². The molecule has 0 aliphatic rings. The van der Waals surface area contributed by atoms with Gasteiger partial charge in [-0.15, -0.1) is 0 Å². The van der Waals surface area contributed by atoms with Crippen LogP contribution in [0, 0.1) is 12.7 Å². The predicted molar refractivity (Wildman–Crippen MR) is 89.3 cm³/mol. The first-order valence-corrected chi connectivity index (χ1v) is 8.75. The van der Waals surface area contributed by atoms with Crippen LogP contribution in [0.4, 0.5) is 10.1 Å². The summed E-state index contributed by atoms with van der Waals surface area (Å²) in [5.74, 6) is -0.730. The number of hydrogen-bond acceptors (Lipinski definition) is 3. The molecule has 0 saturated heterocycles. The molecule has 2 rings (SSSR count). The average Bonchev–Trinajstić information content (AvgIpc) is 2.49. The molecule has 0 atom stereocenters. The zero-order valence-electron chi connectivity index (χ0n) is 13.0. The van der Waals surface area contributed by atoms with Gasteiger partial charge in [0.2, 0.25) is 0 Å². The number of methoxy groups -OCH3 is 1. The fraction of sp³-hybridized carbons (Fsp3) is 0.250. The normalized spacial score (nSPS) is 11.3. The lowest BCUT2D eigenvalue weighted by atomic mass is 10.2. The summed E-state index contributed by atoms with van der Waals surface area (Å²) in [6.45, 7) is 3.69. The molecule has 0 heterocycles. The first-order valence-electron chi connectivity index (χ1n) is 6.93. The van der Waals surface area contributed by atoms with E-state index in [0.29, 0.717) is 10.7 Å². The van der Waals surface area contributed by atoms with Gasteiger partial charge in [-0.2, -0.15) is 0 Å². The Kier molecular flexibility index (Phi) is 5.16. The zero-order valence-corrected chi connectivity index (χ0v) is 14.6. The van der Waals surface area contributed by atoms with E-state index in [1.807, 2.05) is 0 Å². The third-order valence-electron chi connectivity index (χ3n) is 3.43. The van der Waals surface area contributed by atoms with Crippen molar-refractivity contribution in [1.29, 1.82) is 0 Å². The first-order chi connectivity index (χ1) is 10.8. The van der Waals surface area contributed by atoms with Gasteiger partial charge < -0.3 is 4.74 Å². The molecule has 124 valence electrons. The minimum Gasteiger partial charge on any atom is -0.494 e. The first kappa shape index (κ1) is 17.6. The fourth-order valence-electron chi connectivity index (χ4n) is 2.30. The van der Waals surface area contributed by atoms with Crippen molar-refractivity contribution < 1.29 is 17.5 Å². The molecule has 7 heteroatoms. The molecule has 0 aromatic heterocycles. The number of nitrogens with zero attached hydrogens (tertiary/aromatic N) is 1. The van der Waals surface area contributed by atoms with Gasteiger partial charge in [-0.3, -0.25) is 4.31 Å². The Balaban J connectivity index is 2.53. The predicted octanol–water partition coefficient (Wildman–Crippen LogP) is 4.01. The van der Waals surface area contributed by atoms with Crippen molar-refractivity contribution in [3.8, 4) is 5.75 Å². The van der Waals surface area contributed by atoms with Crippen molar-refractivity contribution in [3.05, 3.63) is 52.8 Å². The van der Waals surface area contributed by atoms with Crippen LogP contribution in [-0.2, 0) is 10.0 Å². The van der Waals surface area contributed by atoms with Gasteiger partial charge in [0.05, 0.1) is 17.7 Å². The Morgan fingerprint density at radius 1 is 1.22 bits per heavy atom. The van der Waals surface area contributed by atoms with Gasteiger partial charge in [-0.25, -0.2) is 12.8 Å². The number of halogens is 2. The third kappa shape index (κ3) is 3.43. The summed E-state index contributed by atoms with van der Waals surface area (Å²) in [6, 6.07) is 8.52. The molecule has 0 amide bonds. The van der Waals surface area contributed by atoms with Crippen molar-refractivity contribution in [3.63, 3.8) is 0 Å². The maximum Gasteiger partial charge on any atom is 0.264 e. The second-order valence-corrected chi connectivity index (χ2v) is 7.20. The number of aryl methyl sites for hydroxylation is 1. The second kappa shape index (κ2) is 6.76. The van der Waals surface area contributed by atoms with Crippen molar-refractivity contribution in [2.24, 2.45) is 0 Å². The summed E-state index contributed by atoms with van der Waals surface area (Å²) in [7, 11) is -2.57. The molecular weight excluding hydrogens is 341 g/mol. The molecular formula is C16H17ClFNO3S. The van der Waals surface area contributed by atoms with Gasteiger partial charge >= 0.3 is 0 Å². The van der Waals surface area contributed by atoms with E-state index in [2.05, 4.69) is 0 Å². The highest BCUT2D eigenvalue weighted by molar-refractivity contribution is 7.92. The molecule has 0 spiro atoms. The van der Waals surface area contributed by atoms with E-state index in [4.69, 9.17) is 16.3 Å². The number of hydrogen-bond donors (Lipinski definition) is 0. The second-order valence-electron chi connectivity index (χ2n) is 4.90. The van der Waals surface area contributed by atoms with E-state index in [9.17, 15) is 12.8 Å². The van der Waals surface area contributed by atoms with E-state index in [0.717, 1.165) is 11.6 Å². The lowest BCUT2D eigenvalue weighted by Gasteiger charge is -2.25. The van der Waals surface area contributed by atoms with Crippen LogP contribution in [0.3, 0.4) is 0 Å². The minimum absolute atomic E-state index is 0.00493. The van der Waals surface area contributed by atoms with E-state index in [1.165, 1.54) is 23.5 Å². The monoisotopic (exact) mass is 357 g/mol. The van der Waals surface area contributed by atoms with Crippen LogP contribution in [0.2, 0.25) is 5.02 Å². The van der Waals surface area contributed by atoms with Gasteiger partial charge in [0, 0.05) is 11.6 Å². The van der Waals surface area contributed by atoms with Gasteiger partial charge in [0.1, 0.15) is 0 Å². The van der Waals surface area contributed by atoms with Crippen LogP contribution >= 0.6 is 11.6 Å². The molecule has 23 heavy (non-hydrogen) atoms. The maximum atomic E-state index is 13.9. The fourth-order valence-corrected chi connectivity index (χ4v) is 4.08. The molecule has 0 radical (unpaired) electrons. The lowest BCUT2D eigenvalue weighted by Crippen LogP contribution is -2.31. The molecule has 0 aliphatic heterocycles. The minimum atomic E-state index is -3.89. The standard InChI is InChI=1S/C16H17ClFNO3S/c1-4-19(15-7-5-12(17)9-11(15)2)23(20,21)13-6-8-16(22-3)14(18)10-13/h5-10H,4H2,1-3H3. The highest BCUT2D eigenvalue weighted by Crippen LogP contribution is 2.30. The highest BCUT2D eigenvalue weighted by Gasteiger charge is 2.26. The van der Waals surface area contributed by atoms with Gasteiger partial charge in [0.25, 0.3) is 10.0 Å². The van der Waals surface area contributed by atoms with E-state index < -0.39 is 15.8 Å². The topological polar surface area (TPSA) is 46.6 Å². The van der Waals surface area contributed by atoms with Crippen molar-refractivity contribution >= 4 is 27.3 Å². The summed E-state index contributed by atoms with van der Waals surface area (Å²) >= 11 is 5.92. The Bertz CT molecular complexity index is 824. The lowest BCUT2D eigenvalue weighted by molar-refractivity contribution is 0.385. The van der Waals surface area contributed by atoms with Crippen LogP contribution in [0.15, 0.2) is 41.3 Å². The number of benzene rings is 2. The summed E-state index contributed by atoms with van der Waals surface area (Å²) in [6.07, 6.45) is 0. The average molecular weight is 358 g/mol. The number of ether oxygens (including phenoxy) is 1. The third-order valence-corrected chi connectivity index (χ3v) is 5.55. The number of rotatable bonds is 5.